The van der Waals surface area contributed by atoms with Crippen LogP contribution in [0.5, 0.6) is 0 Å². The van der Waals surface area contributed by atoms with E-state index in [0.717, 1.165) is 44.1 Å². The van der Waals surface area contributed by atoms with Gasteiger partial charge in [-0.2, -0.15) is 0 Å². The second kappa shape index (κ2) is 7.62. The highest BCUT2D eigenvalue weighted by molar-refractivity contribution is 5.47. The quantitative estimate of drug-likeness (QED) is 0.916. The van der Waals surface area contributed by atoms with Gasteiger partial charge in [0.05, 0.1) is 0 Å². The van der Waals surface area contributed by atoms with Gasteiger partial charge in [-0.3, -0.25) is 4.90 Å². The SMILES string of the molecule is Cc1cccc(CN2CCC(Nc3cc(N(C)C)ncn3)CC2)c1. The van der Waals surface area contributed by atoms with Crippen molar-refractivity contribution in [3.8, 4) is 0 Å². The highest BCUT2D eigenvalue weighted by Gasteiger charge is 2.19. The van der Waals surface area contributed by atoms with E-state index in [-0.39, 0.29) is 0 Å². The minimum atomic E-state index is 0.490. The molecule has 1 aromatic carbocycles. The van der Waals surface area contributed by atoms with Gasteiger partial charge in [0.1, 0.15) is 18.0 Å². The van der Waals surface area contributed by atoms with Gasteiger partial charge in [-0.25, -0.2) is 9.97 Å². The number of hydrogen-bond acceptors (Lipinski definition) is 5. The number of aryl methyl sites for hydroxylation is 1. The fourth-order valence-corrected chi connectivity index (χ4v) is 3.18. The number of anilines is 2. The Labute approximate surface area is 144 Å². The fourth-order valence-electron chi connectivity index (χ4n) is 3.18. The van der Waals surface area contributed by atoms with E-state index >= 15 is 0 Å². The van der Waals surface area contributed by atoms with Gasteiger partial charge in [0, 0.05) is 45.8 Å². The van der Waals surface area contributed by atoms with E-state index in [0.29, 0.717) is 6.04 Å². The van der Waals surface area contributed by atoms with Crippen molar-refractivity contribution >= 4 is 11.6 Å². The van der Waals surface area contributed by atoms with E-state index < -0.39 is 0 Å². The predicted octanol–water partition coefficient (Wildman–Crippen LogP) is 2.93. The van der Waals surface area contributed by atoms with Crippen molar-refractivity contribution in [1.82, 2.24) is 14.9 Å². The van der Waals surface area contributed by atoms with Crippen LogP contribution in [0.3, 0.4) is 0 Å². The van der Waals surface area contributed by atoms with Crippen LogP contribution in [-0.4, -0.2) is 48.1 Å². The summed E-state index contributed by atoms with van der Waals surface area (Å²) in [4.78, 5) is 13.2. The zero-order chi connectivity index (χ0) is 16.9. The van der Waals surface area contributed by atoms with Crippen LogP contribution in [0.1, 0.15) is 24.0 Å². The smallest absolute Gasteiger partial charge is 0.133 e. The van der Waals surface area contributed by atoms with Crippen LogP contribution in [0.2, 0.25) is 0 Å². The number of piperidine rings is 1. The summed E-state index contributed by atoms with van der Waals surface area (Å²) in [6, 6.07) is 11.3. The minimum absolute atomic E-state index is 0.490. The summed E-state index contributed by atoms with van der Waals surface area (Å²) in [6.07, 6.45) is 3.92. The molecule has 24 heavy (non-hydrogen) atoms. The fraction of sp³-hybridized carbons (Fsp3) is 0.474. The first-order valence-corrected chi connectivity index (χ1v) is 8.64. The number of aromatic nitrogens is 2. The maximum atomic E-state index is 4.35. The molecule has 0 amide bonds. The van der Waals surface area contributed by atoms with Crippen LogP contribution in [0.15, 0.2) is 36.7 Å². The first-order valence-electron chi connectivity index (χ1n) is 8.64. The molecule has 128 valence electrons. The Hall–Kier alpha value is -2.14. The third-order valence-electron chi connectivity index (χ3n) is 4.54. The Morgan fingerprint density at radius 3 is 2.67 bits per heavy atom. The Morgan fingerprint density at radius 1 is 1.17 bits per heavy atom. The molecule has 5 nitrogen and oxygen atoms in total. The van der Waals surface area contributed by atoms with Gasteiger partial charge in [-0.05, 0) is 25.3 Å². The molecule has 0 aliphatic carbocycles. The monoisotopic (exact) mass is 325 g/mol. The lowest BCUT2D eigenvalue weighted by Crippen LogP contribution is -2.38. The third kappa shape index (κ3) is 4.45. The van der Waals surface area contributed by atoms with Gasteiger partial charge in [-0.15, -0.1) is 0 Å². The molecule has 2 aromatic rings. The van der Waals surface area contributed by atoms with Crippen LogP contribution in [-0.2, 0) is 6.54 Å². The van der Waals surface area contributed by atoms with Gasteiger partial charge in [-0.1, -0.05) is 29.8 Å². The molecule has 3 rings (SSSR count). The molecule has 0 bridgehead atoms. The molecule has 0 atom stereocenters. The highest BCUT2D eigenvalue weighted by Crippen LogP contribution is 2.19. The van der Waals surface area contributed by atoms with Crippen LogP contribution in [0.25, 0.3) is 0 Å². The van der Waals surface area contributed by atoms with E-state index in [1.165, 1.54) is 11.1 Å². The molecule has 0 spiro atoms. The minimum Gasteiger partial charge on any atom is -0.367 e. The Kier molecular flexibility index (Phi) is 5.30. The van der Waals surface area contributed by atoms with E-state index in [2.05, 4.69) is 51.4 Å². The summed E-state index contributed by atoms with van der Waals surface area (Å²) in [5, 5.41) is 3.57. The molecule has 1 N–H and O–H groups in total. The van der Waals surface area contributed by atoms with Crippen molar-refractivity contribution in [2.75, 3.05) is 37.4 Å². The Balaban J connectivity index is 1.51. The van der Waals surface area contributed by atoms with Gasteiger partial charge < -0.3 is 10.2 Å². The summed E-state index contributed by atoms with van der Waals surface area (Å²) in [5.74, 6) is 1.86. The standard InChI is InChI=1S/C19H27N5/c1-15-5-4-6-16(11-15)13-24-9-7-17(8-10-24)22-18-12-19(23(2)3)21-14-20-18/h4-6,11-12,14,17H,7-10,13H2,1-3H3,(H,20,21,22). The predicted molar refractivity (Wildman–Crippen MR) is 99.5 cm³/mol. The number of nitrogens with one attached hydrogen (secondary N) is 1. The number of rotatable bonds is 5. The summed E-state index contributed by atoms with van der Waals surface area (Å²) in [7, 11) is 3.99. The average Bonchev–Trinajstić information content (AvgIpc) is 2.57. The summed E-state index contributed by atoms with van der Waals surface area (Å²) >= 11 is 0. The molecule has 1 saturated heterocycles. The zero-order valence-electron chi connectivity index (χ0n) is 14.9. The molecule has 0 saturated carbocycles. The molecule has 0 unspecified atom stereocenters. The van der Waals surface area contributed by atoms with Crippen molar-refractivity contribution in [3.63, 3.8) is 0 Å². The highest BCUT2D eigenvalue weighted by atomic mass is 15.2. The largest absolute Gasteiger partial charge is 0.367 e. The van der Waals surface area contributed by atoms with Crippen molar-refractivity contribution in [2.45, 2.75) is 32.4 Å². The second-order valence-electron chi connectivity index (χ2n) is 6.84. The third-order valence-corrected chi connectivity index (χ3v) is 4.54. The van der Waals surface area contributed by atoms with Gasteiger partial charge >= 0.3 is 0 Å². The summed E-state index contributed by atoms with van der Waals surface area (Å²) < 4.78 is 0. The summed E-state index contributed by atoms with van der Waals surface area (Å²) in [5.41, 5.74) is 2.75. The van der Waals surface area contributed by atoms with Crippen LogP contribution in [0.4, 0.5) is 11.6 Å². The van der Waals surface area contributed by atoms with Crippen molar-refractivity contribution < 1.29 is 0 Å². The normalized spacial score (nSPS) is 16.1. The zero-order valence-corrected chi connectivity index (χ0v) is 14.9. The maximum Gasteiger partial charge on any atom is 0.133 e. The van der Waals surface area contributed by atoms with Crippen molar-refractivity contribution in [1.29, 1.82) is 0 Å². The molecule has 1 aromatic heterocycles. The molecule has 1 aliphatic heterocycles. The number of likely N-dealkylation sites (tertiary alicyclic amines) is 1. The van der Waals surface area contributed by atoms with Crippen LogP contribution >= 0.6 is 0 Å². The van der Waals surface area contributed by atoms with Gasteiger partial charge in [0.25, 0.3) is 0 Å². The van der Waals surface area contributed by atoms with Crippen molar-refractivity contribution in [2.24, 2.45) is 0 Å². The van der Waals surface area contributed by atoms with E-state index in [1.807, 2.05) is 25.1 Å². The topological polar surface area (TPSA) is 44.3 Å². The molecular weight excluding hydrogens is 298 g/mol. The lowest BCUT2D eigenvalue weighted by molar-refractivity contribution is 0.211. The first-order chi connectivity index (χ1) is 11.6. The Morgan fingerprint density at radius 2 is 1.96 bits per heavy atom. The molecule has 1 aliphatic rings. The van der Waals surface area contributed by atoms with E-state index in [1.54, 1.807) is 6.33 Å². The molecule has 1 fully saturated rings. The lowest BCUT2D eigenvalue weighted by Gasteiger charge is -2.32. The van der Waals surface area contributed by atoms with Gasteiger partial charge in [0.15, 0.2) is 0 Å². The lowest BCUT2D eigenvalue weighted by atomic mass is 10.0. The number of nitrogens with zero attached hydrogens (tertiary/aromatic N) is 4. The number of benzene rings is 1. The van der Waals surface area contributed by atoms with Crippen molar-refractivity contribution in [3.05, 3.63) is 47.8 Å². The van der Waals surface area contributed by atoms with Gasteiger partial charge in [0.2, 0.25) is 0 Å². The maximum absolute atomic E-state index is 4.35. The summed E-state index contributed by atoms with van der Waals surface area (Å²) in [6.45, 7) is 5.45. The second-order valence-corrected chi connectivity index (χ2v) is 6.84. The first kappa shape index (κ1) is 16.7. The van der Waals surface area contributed by atoms with Crippen LogP contribution in [0, 0.1) is 6.92 Å². The Bertz CT molecular complexity index is 662. The number of hydrogen-bond donors (Lipinski definition) is 1. The van der Waals surface area contributed by atoms with E-state index in [4.69, 9.17) is 0 Å². The average molecular weight is 325 g/mol. The molecular formula is C19H27N5. The van der Waals surface area contributed by atoms with Crippen LogP contribution < -0.4 is 10.2 Å². The van der Waals surface area contributed by atoms with E-state index in [9.17, 15) is 0 Å². The molecule has 2 heterocycles. The molecule has 0 radical (unpaired) electrons. The molecule has 5 heteroatoms.